The molecule has 0 radical (unpaired) electrons. The molecule has 3 rings (SSSR count). The standard InChI is InChI=1S/C18H18N2/c1-2-6-14-9-11-16(12-10-14)18-13-17(19-20-18)15-7-4-3-5-8-15/h3-5,7-13H,2,6H2,1H3,(H,19,20). The lowest BCUT2D eigenvalue weighted by Gasteiger charge is -2.00. The number of nitrogens with one attached hydrogen (secondary N) is 1. The maximum Gasteiger partial charge on any atom is 0.0927 e. The number of H-pyrrole nitrogens is 1. The fourth-order valence-electron chi connectivity index (χ4n) is 2.37. The maximum atomic E-state index is 4.40. The van der Waals surface area contributed by atoms with Gasteiger partial charge in [-0.25, -0.2) is 0 Å². The molecule has 20 heavy (non-hydrogen) atoms. The summed E-state index contributed by atoms with van der Waals surface area (Å²) >= 11 is 0. The molecule has 100 valence electrons. The summed E-state index contributed by atoms with van der Waals surface area (Å²) in [5.74, 6) is 0. The first-order chi connectivity index (χ1) is 9.86. The third kappa shape index (κ3) is 2.64. The van der Waals surface area contributed by atoms with Crippen molar-refractivity contribution < 1.29 is 0 Å². The van der Waals surface area contributed by atoms with Crippen molar-refractivity contribution in [2.24, 2.45) is 0 Å². The lowest BCUT2D eigenvalue weighted by atomic mass is 10.1. The lowest BCUT2D eigenvalue weighted by molar-refractivity contribution is 0.922. The Morgan fingerprint density at radius 3 is 2.35 bits per heavy atom. The molecule has 0 aliphatic rings. The molecule has 1 N–H and O–H groups in total. The van der Waals surface area contributed by atoms with E-state index in [1.165, 1.54) is 17.5 Å². The zero-order valence-electron chi connectivity index (χ0n) is 11.6. The molecule has 3 aromatic rings. The van der Waals surface area contributed by atoms with Crippen LogP contribution in [0.25, 0.3) is 22.5 Å². The van der Waals surface area contributed by atoms with Gasteiger partial charge in [-0.1, -0.05) is 67.9 Å². The molecule has 0 spiro atoms. The predicted octanol–water partition coefficient (Wildman–Crippen LogP) is 4.70. The summed E-state index contributed by atoms with van der Waals surface area (Å²) in [6.45, 7) is 2.20. The van der Waals surface area contributed by atoms with Crippen LogP contribution in [0.2, 0.25) is 0 Å². The Morgan fingerprint density at radius 2 is 1.65 bits per heavy atom. The van der Waals surface area contributed by atoms with E-state index in [1.807, 2.05) is 18.2 Å². The van der Waals surface area contributed by atoms with E-state index in [1.54, 1.807) is 0 Å². The van der Waals surface area contributed by atoms with Crippen molar-refractivity contribution in [3.05, 3.63) is 66.2 Å². The van der Waals surface area contributed by atoms with E-state index in [0.29, 0.717) is 0 Å². The molecule has 2 aromatic carbocycles. The quantitative estimate of drug-likeness (QED) is 0.725. The first-order valence-corrected chi connectivity index (χ1v) is 7.07. The van der Waals surface area contributed by atoms with Gasteiger partial charge in [-0.15, -0.1) is 0 Å². The fourth-order valence-corrected chi connectivity index (χ4v) is 2.37. The van der Waals surface area contributed by atoms with Crippen LogP contribution in [0.5, 0.6) is 0 Å². The molecule has 2 nitrogen and oxygen atoms in total. The maximum absolute atomic E-state index is 4.40. The van der Waals surface area contributed by atoms with Crippen LogP contribution < -0.4 is 0 Å². The zero-order valence-corrected chi connectivity index (χ0v) is 11.6. The van der Waals surface area contributed by atoms with Crippen molar-refractivity contribution in [1.29, 1.82) is 0 Å². The summed E-state index contributed by atoms with van der Waals surface area (Å²) in [5, 5.41) is 7.52. The minimum absolute atomic E-state index is 0.984. The van der Waals surface area contributed by atoms with Crippen LogP contribution in [0.15, 0.2) is 60.7 Å². The van der Waals surface area contributed by atoms with Crippen molar-refractivity contribution in [1.82, 2.24) is 10.2 Å². The molecule has 0 saturated heterocycles. The van der Waals surface area contributed by atoms with Gasteiger partial charge in [-0.2, -0.15) is 5.10 Å². The monoisotopic (exact) mass is 262 g/mol. The summed E-state index contributed by atoms with van der Waals surface area (Å²) in [4.78, 5) is 0. The van der Waals surface area contributed by atoms with Gasteiger partial charge in [0.15, 0.2) is 0 Å². The van der Waals surface area contributed by atoms with Crippen molar-refractivity contribution in [3.63, 3.8) is 0 Å². The molecular formula is C18H18N2. The van der Waals surface area contributed by atoms with E-state index in [0.717, 1.165) is 23.4 Å². The third-order valence-electron chi connectivity index (χ3n) is 3.45. The Morgan fingerprint density at radius 1 is 0.900 bits per heavy atom. The fraction of sp³-hybridized carbons (Fsp3) is 0.167. The van der Waals surface area contributed by atoms with Crippen LogP contribution in [0.4, 0.5) is 0 Å². The van der Waals surface area contributed by atoms with Crippen molar-refractivity contribution in [3.8, 4) is 22.5 Å². The SMILES string of the molecule is CCCc1ccc(-c2cc(-c3ccccc3)n[nH]2)cc1. The lowest BCUT2D eigenvalue weighted by Crippen LogP contribution is -1.83. The molecule has 0 atom stereocenters. The molecule has 2 heteroatoms. The molecule has 1 aromatic heterocycles. The van der Waals surface area contributed by atoms with E-state index >= 15 is 0 Å². The van der Waals surface area contributed by atoms with Crippen molar-refractivity contribution in [2.45, 2.75) is 19.8 Å². The predicted molar refractivity (Wildman–Crippen MR) is 83.5 cm³/mol. The van der Waals surface area contributed by atoms with Crippen molar-refractivity contribution in [2.75, 3.05) is 0 Å². The number of nitrogens with zero attached hydrogens (tertiary/aromatic N) is 1. The number of benzene rings is 2. The van der Waals surface area contributed by atoms with E-state index in [2.05, 4.69) is 59.6 Å². The molecule has 1 heterocycles. The van der Waals surface area contributed by atoms with E-state index in [9.17, 15) is 0 Å². The Bertz CT molecular complexity index is 666. The number of hydrogen-bond acceptors (Lipinski definition) is 1. The zero-order chi connectivity index (χ0) is 13.8. The largest absolute Gasteiger partial charge is 0.277 e. The Hall–Kier alpha value is -2.35. The number of aryl methyl sites for hydroxylation is 1. The van der Waals surface area contributed by atoms with Gasteiger partial charge in [0.1, 0.15) is 0 Å². The number of hydrogen-bond donors (Lipinski definition) is 1. The Labute approximate surface area is 119 Å². The minimum Gasteiger partial charge on any atom is -0.277 e. The number of aromatic nitrogens is 2. The Balaban J connectivity index is 1.86. The van der Waals surface area contributed by atoms with Crippen LogP contribution >= 0.6 is 0 Å². The van der Waals surface area contributed by atoms with E-state index < -0.39 is 0 Å². The van der Waals surface area contributed by atoms with Gasteiger partial charge >= 0.3 is 0 Å². The molecule has 0 saturated carbocycles. The van der Waals surface area contributed by atoms with Crippen LogP contribution in [0.1, 0.15) is 18.9 Å². The normalized spacial score (nSPS) is 10.7. The molecule has 0 bridgehead atoms. The van der Waals surface area contributed by atoms with Gasteiger partial charge in [0, 0.05) is 5.56 Å². The third-order valence-corrected chi connectivity index (χ3v) is 3.45. The summed E-state index contributed by atoms with van der Waals surface area (Å²) in [7, 11) is 0. The average molecular weight is 262 g/mol. The van der Waals surface area contributed by atoms with Gasteiger partial charge in [0.05, 0.1) is 11.4 Å². The average Bonchev–Trinajstić information content (AvgIpc) is 2.99. The highest BCUT2D eigenvalue weighted by molar-refractivity contribution is 5.68. The second kappa shape index (κ2) is 5.74. The topological polar surface area (TPSA) is 28.7 Å². The van der Waals surface area contributed by atoms with E-state index in [-0.39, 0.29) is 0 Å². The van der Waals surface area contributed by atoms with Gasteiger partial charge < -0.3 is 0 Å². The van der Waals surface area contributed by atoms with Gasteiger partial charge in [-0.05, 0) is 23.6 Å². The highest BCUT2D eigenvalue weighted by atomic mass is 15.1. The van der Waals surface area contributed by atoms with Crippen molar-refractivity contribution >= 4 is 0 Å². The second-order valence-corrected chi connectivity index (χ2v) is 4.98. The second-order valence-electron chi connectivity index (χ2n) is 4.98. The summed E-state index contributed by atoms with van der Waals surface area (Å²) in [5.41, 5.74) is 5.75. The Kier molecular flexibility index (Phi) is 3.64. The molecule has 0 fully saturated rings. The number of aromatic amines is 1. The van der Waals surface area contributed by atoms with Crippen LogP contribution in [-0.2, 0) is 6.42 Å². The highest BCUT2D eigenvalue weighted by Gasteiger charge is 2.05. The molecule has 0 amide bonds. The summed E-state index contributed by atoms with van der Waals surface area (Å²) in [6, 6.07) is 21.0. The first kappa shape index (κ1) is 12.7. The molecule has 0 unspecified atom stereocenters. The van der Waals surface area contributed by atoms with Gasteiger partial charge in [0.25, 0.3) is 0 Å². The van der Waals surface area contributed by atoms with Crippen LogP contribution in [-0.4, -0.2) is 10.2 Å². The van der Waals surface area contributed by atoms with Gasteiger partial charge in [-0.3, -0.25) is 5.10 Å². The van der Waals surface area contributed by atoms with Gasteiger partial charge in [0.2, 0.25) is 0 Å². The van der Waals surface area contributed by atoms with E-state index in [4.69, 9.17) is 0 Å². The number of rotatable bonds is 4. The highest BCUT2D eigenvalue weighted by Crippen LogP contribution is 2.24. The molecule has 0 aliphatic carbocycles. The first-order valence-electron chi connectivity index (χ1n) is 7.07. The van der Waals surface area contributed by atoms with Crippen LogP contribution in [0.3, 0.4) is 0 Å². The summed E-state index contributed by atoms with van der Waals surface area (Å²) < 4.78 is 0. The smallest absolute Gasteiger partial charge is 0.0927 e. The van der Waals surface area contributed by atoms with Crippen LogP contribution in [0, 0.1) is 0 Å². The molecule has 0 aliphatic heterocycles. The molecular weight excluding hydrogens is 244 g/mol. The minimum atomic E-state index is 0.984. The summed E-state index contributed by atoms with van der Waals surface area (Å²) in [6.07, 6.45) is 2.32.